The van der Waals surface area contributed by atoms with Gasteiger partial charge in [0.15, 0.2) is 0 Å². The molecular weight excluding hydrogens is 404 g/mol. The number of nitrogens with one attached hydrogen (secondary N) is 1. The van der Waals surface area contributed by atoms with E-state index in [4.69, 9.17) is 0 Å². The van der Waals surface area contributed by atoms with Crippen molar-refractivity contribution in [2.75, 3.05) is 12.4 Å². The van der Waals surface area contributed by atoms with Crippen molar-refractivity contribution in [2.45, 2.75) is 31.7 Å². The van der Waals surface area contributed by atoms with E-state index in [-0.39, 0.29) is 16.8 Å². The van der Waals surface area contributed by atoms with Crippen molar-refractivity contribution in [2.24, 2.45) is 0 Å². The number of amides is 1. The lowest BCUT2D eigenvalue weighted by atomic mass is 10.1. The predicted octanol–water partition coefficient (Wildman–Crippen LogP) is 4.04. The summed E-state index contributed by atoms with van der Waals surface area (Å²) in [4.78, 5) is 12.6. The van der Waals surface area contributed by atoms with Crippen LogP contribution in [0.15, 0.2) is 51.8 Å². The van der Waals surface area contributed by atoms with Gasteiger partial charge >= 0.3 is 0 Å². The highest BCUT2D eigenvalue weighted by molar-refractivity contribution is 9.10. The molecule has 134 valence electrons. The Labute approximate surface area is 157 Å². The van der Waals surface area contributed by atoms with Gasteiger partial charge < -0.3 is 5.32 Å². The molecule has 0 aliphatic rings. The van der Waals surface area contributed by atoms with Crippen LogP contribution in [0.1, 0.15) is 29.8 Å². The lowest BCUT2D eigenvalue weighted by molar-refractivity contribution is 0.102. The van der Waals surface area contributed by atoms with E-state index in [1.54, 1.807) is 32.0 Å². The first-order valence-electron chi connectivity index (χ1n) is 7.78. The van der Waals surface area contributed by atoms with Gasteiger partial charge in [-0.1, -0.05) is 22.0 Å². The zero-order chi connectivity index (χ0) is 18.8. The van der Waals surface area contributed by atoms with Gasteiger partial charge in [-0.25, -0.2) is 8.42 Å². The molecule has 5 nitrogen and oxygen atoms in total. The largest absolute Gasteiger partial charge is 0.322 e. The number of halogens is 1. The SMILES string of the molecule is Cc1cc(Br)ccc1NC(=O)c1cccc(S(=O)(=O)N(C)C(C)C)c1. The topological polar surface area (TPSA) is 66.5 Å². The lowest BCUT2D eigenvalue weighted by Gasteiger charge is -2.21. The second kappa shape index (κ2) is 7.68. The highest BCUT2D eigenvalue weighted by atomic mass is 79.9. The van der Waals surface area contributed by atoms with Crippen molar-refractivity contribution in [1.82, 2.24) is 4.31 Å². The Hall–Kier alpha value is -1.70. The molecule has 25 heavy (non-hydrogen) atoms. The molecule has 0 heterocycles. The molecule has 7 heteroatoms. The highest BCUT2D eigenvalue weighted by Gasteiger charge is 2.24. The predicted molar refractivity (Wildman–Crippen MR) is 103 cm³/mol. The first-order chi connectivity index (χ1) is 11.6. The van der Waals surface area contributed by atoms with Crippen LogP contribution in [0.2, 0.25) is 0 Å². The molecule has 0 spiro atoms. The monoisotopic (exact) mass is 424 g/mol. The number of hydrogen-bond donors (Lipinski definition) is 1. The fraction of sp³-hybridized carbons (Fsp3) is 0.278. The average Bonchev–Trinajstić information content (AvgIpc) is 2.56. The third kappa shape index (κ3) is 4.48. The summed E-state index contributed by atoms with van der Waals surface area (Å²) in [5.41, 5.74) is 1.88. The second-order valence-corrected chi connectivity index (χ2v) is 8.97. The molecule has 0 atom stereocenters. The maximum Gasteiger partial charge on any atom is 0.255 e. The van der Waals surface area contributed by atoms with Crippen molar-refractivity contribution in [1.29, 1.82) is 0 Å². The molecule has 0 saturated carbocycles. The first-order valence-corrected chi connectivity index (χ1v) is 10.0. The summed E-state index contributed by atoms with van der Waals surface area (Å²) in [6, 6.07) is 11.4. The van der Waals surface area contributed by atoms with Crippen molar-refractivity contribution < 1.29 is 13.2 Å². The summed E-state index contributed by atoms with van der Waals surface area (Å²) in [6.07, 6.45) is 0. The van der Waals surface area contributed by atoms with Gasteiger partial charge in [0.1, 0.15) is 0 Å². The van der Waals surface area contributed by atoms with E-state index in [2.05, 4.69) is 21.2 Å². The number of carbonyl (C=O) groups is 1. The quantitative estimate of drug-likeness (QED) is 0.787. The van der Waals surface area contributed by atoms with Crippen LogP contribution in [0.3, 0.4) is 0 Å². The van der Waals surface area contributed by atoms with Crippen molar-refractivity contribution >= 4 is 37.5 Å². The van der Waals surface area contributed by atoms with Crippen molar-refractivity contribution in [3.8, 4) is 0 Å². The normalized spacial score (nSPS) is 11.8. The fourth-order valence-corrected chi connectivity index (χ4v) is 4.09. The number of sulfonamides is 1. The van der Waals surface area contributed by atoms with Crippen LogP contribution in [0.25, 0.3) is 0 Å². The summed E-state index contributed by atoms with van der Waals surface area (Å²) >= 11 is 3.38. The van der Waals surface area contributed by atoms with Gasteiger partial charge in [0.2, 0.25) is 10.0 Å². The van der Waals surface area contributed by atoms with Crippen LogP contribution >= 0.6 is 15.9 Å². The number of rotatable bonds is 5. The molecule has 2 aromatic carbocycles. The summed E-state index contributed by atoms with van der Waals surface area (Å²) in [5.74, 6) is -0.352. The van der Waals surface area contributed by atoms with E-state index in [1.807, 2.05) is 19.1 Å². The number of aryl methyl sites for hydroxylation is 1. The Balaban J connectivity index is 2.30. The molecular formula is C18H21BrN2O3S. The number of benzene rings is 2. The summed E-state index contributed by atoms with van der Waals surface area (Å²) in [5, 5.41) is 2.82. The Bertz CT molecular complexity index is 895. The summed E-state index contributed by atoms with van der Waals surface area (Å²) in [6.45, 7) is 5.48. The van der Waals surface area contributed by atoms with Crippen LogP contribution in [0.4, 0.5) is 5.69 Å². The smallest absolute Gasteiger partial charge is 0.255 e. The van der Waals surface area contributed by atoms with Gasteiger partial charge in [-0.2, -0.15) is 4.31 Å². The Morgan fingerprint density at radius 3 is 2.44 bits per heavy atom. The number of anilines is 1. The van der Waals surface area contributed by atoms with Gasteiger partial charge in [-0.3, -0.25) is 4.79 Å². The lowest BCUT2D eigenvalue weighted by Crippen LogP contribution is -2.33. The molecule has 0 unspecified atom stereocenters. The van der Waals surface area contributed by atoms with Gasteiger partial charge in [-0.15, -0.1) is 0 Å². The minimum Gasteiger partial charge on any atom is -0.322 e. The minimum absolute atomic E-state index is 0.101. The number of hydrogen-bond acceptors (Lipinski definition) is 3. The number of nitrogens with zero attached hydrogens (tertiary/aromatic N) is 1. The Morgan fingerprint density at radius 1 is 1.16 bits per heavy atom. The van der Waals surface area contributed by atoms with Crippen LogP contribution in [-0.4, -0.2) is 31.7 Å². The third-order valence-electron chi connectivity index (χ3n) is 3.94. The highest BCUT2D eigenvalue weighted by Crippen LogP contribution is 2.22. The molecule has 1 N–H and O–H groups in total. The maximum atomic E-state index is 12.6. The van der Waals surface area contributed by atoms with E-state index in [9.17, 15) is 13.2 Å². The van der Waals surface area contributed by atoms with Crippen LogP contribution in [-0.2, 0) is 10.0 Å². The van der Waals surface area contributed by atoms with Crippen molar-refractivity contribution in [3.63, 3.8) is 0 Å². The maximum absolute atomic E-state index is 12.6. The molecule has 0 bridgehead atoms. The average molecular weight is 425 g/mol. The Morgan fingerprint density at radius 2 is 1.84 bits per heavy atom. The molecule has 0 fully saturated rings. The molecule has 0 aliphatic heterocycles. The standard InChI is InChI=1S/C18H21BrN2O3S/c1-12(2)21(4)25(23,24)16-7-5-6-14(11-16)18(22)20-17-9-8-15(19)10-13(17)3/h5-12H,1-4H3,(H,20,22). The van der Waals surface area contributed by atoms with Crippen LogP contribution < -0.4 is 5.32 Å². The van der Waals surface area contributed by atoms with E-state index < -0.39 is 10.0 Å². The van der Waals surface area contributed by atoms with Crippen LogP contribution in [0, 0.1) is 6.92 Å². The molecule has 0 aliphatic carbocycles. The van der Waals surface area contributed by atoms with E-state index in [0.717, 1.165) is 10.0 Å². The van der Waals surface area contributed by atoms with Gasteiger partial charge in [0, 0.05) is 28.8 Å². The minimum atomic E-state index is -3.63. The molecule has 0 radical (unpaired) electrons. The summed E-state index contributed by atoms with van der Waals surface area (Å²) < 4.78 is 27.4. The molecule has 2 aromatic rings. The van der Waals surface area contributed by atoms with Gasteiger partial charge in [-0.05, 0) is 62.7 Å². The van der Waals surface area contributed by atoms with Crippen molar-refractivity contribution in [3.05, 3.63) is 58.1 Å². The number of carbonyl (C=O) groups excluding carboxylic acids is 1. The second-order valence-electron chi connectivity index (χ2n) is 6.06. The molecule has 2 rings (SSSR count). The van der Waals surface area contributed by atoms with E-state index >= 15 is 0 Å². The van der Waals surface area contributed by atoms with Crippen LogP contribution in [0.5, 0.6) is 0 Å². The fourth-order valence-electron chi connectivity index (χ4n) is 2.20. The van der Waals surface area contributed by atoms with E-state index in [1.165, 1.54) is 23.5 Å². The Kier molecular flexibility index (Phi) is 6.03. The zero-order valence-corrected chi connectivity index (χ0v) is 17.0. The zero-order valence-electron chi connectivity index (χ0n) is 14.6. The molecule has 0 aromatic heterocycles. The molecule has 1 amide bonds. The third-order valence-corrected chi connectivity index (χ3v) is 6.46. The van der Waals surface area contributed by atoms with E-state index in [0.29, 0.717) is 11.3 Å². The van der Waals surface area contributed by atoms with Gasteiger partial charge in [0.05, 0.1) is 4.90 Å². The molecule has 0 saturated heterocycles. The van der Waals surface area contributed by atoms with Gasteiger partial charge in [0.25, 0.3) is 5.91 Å². The first kappa shape index (κ1) is 19.6. The summed E-state index contributed by atoms with van der Waals surface area (Å²) in [7, 11) is -2.11.